The van der Waals surface area contributed by atoms with Crippen molar-refractivity contribution in [1.29, 1.82) is 0 Å². The van der Waals surface area contributed by atoms with Crippen LogP contribution in [0, 0.1) is 5.92 Å². The second kappa shape index (κ2) is 5.25. The molecule has 0 aromatic heterocycles. The first kappa shape index (κ1) is 14.9. The lowest BCUT2D eigenvalue weighted by Crippen LogP contribution is -2.43. The molecular weight excluding hydrogens is 228 g/mol. The van der Waals surface area contributed by atoms with Crippen LogP contribution in [-0.2, 0) is 4.43 Å². The molecule has 100 valence electrons. The minimum absolute atomic E-state index is 0.206. The third-order valence-electron chi connectivity index (χ3n) is 4.35. The van der Waals surface area contributed by atoms with Gasteiger partial charge in [-0.05, 0) is 43.3 Å². The van der Waals surface area contributed by atoms with Crippen LogP contribution in [0.5, 0.6) is 0 Å². The van der Waals surface area contributed by atoms with E-state index in [4.69, 9.17) is 4.43 Å². The van der Waals surface area contributed by atoms with Crippen LogP contribution >= 0.6 is 0 Å². The summed E-state index contributed by atoms with van der Waals surface area (Å²) in [6.07, 6.45) is 4.63. The Kier molecular flexibility index (Phi) is 4.61. The van der Waals surface area contributed by atoms with Gasteiger partial charge in [0.05, 0.1) is 6.10 Å². The fraction of sp³-hybridized carbons (Fsp3) is 0.857. The van der Waals surface area contributed by atoms with Crippen molar-refractivity contribution in [2.24, 2.45) is 5.92 Å². The van der Waals surface area contributed by atoms with Gasteiger partial charge in [-0.3, -0.25) is 0 Å². The molecule has 1 fully saturated rings. The summed E-state index contributed by atoms with van der Waals surface area (Å²) in [4.78, 5) is 0. The summed E-state index contributed by atoms with van der Waals surface area (Å²) in [6.45, 7) is 15.1. The van der Waals surface area contributed by atoms with Crippen molar-refractivity contribution >= 4 is 8.32 Å². The maximum Gasteiger partial charge on any atom is 0.192 e. The lowest BCUT2D eigenvalue weighted by Gasteiger charge is -2.38. The average Bonchev–Trinajstić information content (AvgIpc) is 2.44. The number of aliphatic hydroxyl groups is 1. The second-order valence-electron chi connectivity index (χ2n) is 6.82. The van der Waals surface area contributed by atoms with Gasteiger partial charge >= 0.3 is 0 Å². The summed E-state index contributed by atoms with van der Waals surface area (Å²) >= 11 is 0. The van der Waals surface area contributed by atoms with Crippen molar-refractivity contribution < 1.29 is 9.53 Å². The molecule has 0 heterocycles. The van der Waals surface area contributed by atoms with Gasteiger partial charge in [0.25, 0.3) is 0 Å². The summed E-state index contributed by atoms with van der Waals surface area (Å²) in [5, 5.41) is 10.2. The first-order chi connectivity index (χ1) is 7.67. The quantitative estimate of drug-likeness (QED) is 0.613. The predicted octanol–water partition coefficient (Wildman–Crippen LogP) is 3.72. The van der Waals surface area contributed by atoms with Crippen LogP contribution in [0.3, 0.4) is 0 Å². The molecule has 0 bridgehead atoms. The third-order valence-corrected chi connectivity index (χ3v) is 8.89. The molecule has 3 heteroatoms. The first-order valence-corrected chi connectivity index (χ1v) is 9.55. The molecule has 3 atom stereocenters. The molecule has 0 amide bonds. The van der Waals surface area contributed by atoms with E-state index < -0.39 is 8.32 Å². The van der Waals surface area contributed by atoms with Crippen LogP contribution in [0.2, 0.25) is 18.1 Å². The smallest absolute Gasteiger partial charge is 0.192 e. The molecule has 1 aliphatic carbocycles. The lowest BCUT2D eigenvalue weighted by atomic mass is 10.0. The van der Waals surface area contributed by atoms with E-state index in [0.29, 0.717) is 5.92 Å². The zero-order chi connectivity index (χ0) is 13.3. The van der Waals surface area contributed by atoms with E-state index in [-0.39, 0.29) is 17.2 Å². The fourth-order valence-corrected chi connectivity index (χ4v) is 3.59. The average molecular weight is 256 g/mol. The molecule has 1 N–H and O–H groups in total. The Morgan fingerprint density at radius 1 is 1.35 bits per heavy atom. The largest absolute Gasteiger partial charge is 0.414 e. The van der Waals surface area contributed by atoms with Crippen LogP contribution in [-0.4, -0.2) is 25.6 Å². The molecule has 0 unspecified atom stereocenters. The van der Waals surface area contributed by atoms with Gasteiger partial charge in [-0.2, -0.15) is 0 Å². The van der Waals surface area contributed by atoms with Gasteiger partial charge in [0.15, 0.2) is 8.32 Å². The highest BCUT2D eigenvalue weighted by atomic mass is 28.4. The summed E-state index contributed by atoms with van der Waals surface area (Å²) in [5.41, 5.74) is 0. The summed E-state index contributed by atoms with van der Waals surface area (Å²) in [6, 6.07) is 0. The Bertz CT molecular complexity index is 268. The lowest BCUT2D eigenvalue weighted by molar-refractivity contribution is 0.122. The van der Waals surface area contributed by atoms with Crippen molar-refractivity contribution in [3.8, 4) is 0 Å². The maximum absolute atomic E-state index is 9.98. The number of hydrogen-bond acceptors (Lipinski definition) is 2. The van der Waals surface area contributed by atoms with Gasteiger partial charge in [-0.15, -0.1) is 6.58 Å². The van der Waals surface area contributed by atoms with E-state index in [1.54, 1.807) is 0 Å². The van der Waals surface area contributed by atoms with Crippen molar-refractivity contribution in [2.75, 3.05) is 0 Å². The van der Waals surface area contributed by atoms with Gasteiger partial charge in [-0.1, -0.05) is 26.8 Å². The highest BCUT2D eigenvalue weighted by Crippen LogP contribution is 2.40. The molecule has 0 aromatic rings. The molecule has 0 spiro atoms. The molecule has 2 nitrogen and oxygen atoms in total. The van der Waals surface area contributed by atoms with E-state index in [9.17, 15) is 5.11 Å². The fourth-order valence-electron chi connectivity index (χ4n) is 2.21. The van der Waals surface area contributed by atoms with Gasteiger partial charge < -0.3 is 9.53 Å². The normalized spacial score (nSPS) is 30.6. The minimum Gasteiger partial charge on any atom is -0.414 e. The summed E-state index contributed by atoms with van der Waals surface area (Å²) in [7, 11) is -1.69. The minimum atomic E-state index is -1.69. The highest BCUT2D eigenvalue weighted by Gasteiger charge is 2.42. The molecule has 17 heavy (non-hydrogen) atoms. The first-order valence-electron chi connectivity index (χ1n) is 6.64. The van der Waals surface area contributed by atoms with Gasteiger partial charge in [-0.25, -0.2) is 0 Å². The topological polar surface area (TPSA) is 29.5 Å². The van der Waals surface area contributed by atoms with E-state index >= 15 is 0 Å². The van der Waals surface area contributed by atoms with Crippen LogP contribution in [0.15, 0.2) is 12.7 Å². The van der Waals surface area contributed by atoms with E-state index in [2.05, 4.69) is 40.4 Å². The standard InChI is InChI=1S/C14H28O2Si/c1-7-8-11-9-12(10-13(11)15)16-17(5,6)14(2,3)4/h7,11-13,15H,1,8-10H2,2-6H3/t11-,12-,13+/m0/s1. The zero-order valence-electron chi connectivity index (χ0n) is 12.0. The van der Waals surface area contributed by atoms with E-state index in [0.717, 1.165) is 19.3 Å². The van der Waals surface area contributed by atoms with Crippen molar-refractivity contribution in [3.05, 3.63) is 12.7 Å². The third kappa shape index (κ3) is 3.67. The predicted molar refractivity (Wildman–Crippen MR) is 75.6 cm³/mol. The number of aliphatic hydroxyl groups excluding tert-OH is 1. The van der Waals surface area contributed by atoms with E-state index in [1.807, 2.05) is 6.08 Å². The Balaban J connectivity index is 2.58. The molecule has 1 rings (SSSR count). The monoisotopic (exact) mass is 256 g/mol. The summed E-state index contributed by atoms with van der Waals surface area (Å²) in [5.74, 6) is 0.349. The molecule has 0 radical (unpaired) electrons. The molecule has 1 saturated carbocycles. The molecule has 1 aliphatic rings. The van der Waals surface area contributed by atoms with Gasteiger partial charge in [0, 0.05) is 6.10 Å². The van der Waals surface area contributed by atoms with Crippen molar-refractivity contribution in [1.82, 2.24) is 0 Å². The van der Waals surface area contributed by atoms with Crippen LogP contribution in [0.4, 0.5) is 0 Å². The Hall–Kier alpha value is -0.123. The van der Waals surface area contributed by atoms with Crippen molar-refractivity contribution in [3.63, 3.8) is 0 Å². The highest BCUT2D eigenvalue weighted by molar-refractivity contribution is 6.74. The Labute approximate surface area is 107 Å². The summed E-state index contributed by atoms with van der Waals surface area (Å²) < 4.78 is 6.35. The number of rotatable bonds is 4. The Morgan fingerprint density at radius 2 is 1.94 bits per heavy atom. The Morgan fingerprint density at radius 3 is 2.41 bits per heavy atom. The van der Waals surface area contributed by atoms with Crippen LogP contribution in [0.25, 0.3) is 0 Å². The van der Waals surface area contributed by atoms with Crippen LogP contribution in [0.1, 0.15) is 40.0 Å². The van der Waals surface area contributed by atoms with Crippen molar-refractivity contribution in [2.45, 2.75) is 70.4 Å². The molecule has 0 aliphatic heterocycles. The molecular formula is C14H28O2Si. The SMILES string of the molecule is C=CC[C@H]1C[C@H](O[Si](C)(C)C(C)(C)C)C[C@H]1O. The van der Waals surface area contributed by atoms with Gasteiger partial charge in [0.1, 0.15) is 0 Å². The van der Waals surface area contributed by atoms with Gasteiger partial charge in [0.2, 0.25) is 0 Å². The number of allylic oxidation sites excluding steroid dienone is 1. The second-order valence-corrected chi connectivity index (χ2v) is 11.6. The zero-order valence-corrected chi connectivity index (χ0v) is 13.0. The van der Waals surface area contributed by atoms with E-state index in [1.165, 1.54) is 0 Å². The number of hydrogen-bond donors (Lipinski definition) is 1. The molecule has 0 saturated heterocycles. The van der Waals surface area contributed by atoms with Crippen LogP contribution < -0.4 is 0 Å². The maximum atomic E-state index is 9.98. The molecule has 0 aromatic carbocycles.